The van der Waals surface area contributed by atoms with Gasteiger partial charge in [0, 0.05) is 0 Å². The molecule has 1 N–H and O–H groups in total. The predicted molar refractivity (Wildman–Crippen MR) is 72.9 cm³/mol. The second-order valence-electron chi connectivity index (χ2n) is 7.55. The minimum absolute atomic E-state index is 0.0908. The molecule has 17 heavy (non-hydrogen) atoms. The number of aliphatic hydroxyl groups is 1. The molecular weight excluding hydrogens is 208 g/mol. The highest BCUT2D eigenvalue weighted by Gasteiger charge is 2.62. The molecule has 0 aromatic carbocycles. The van der Waals surface area contributed by atoms with Crippen molar-refractivity contribution in [1.29, 1.82) is 0 Å². The smallest absolute Gasteiger partial charge is 0.0754 e. The molecule has 1 unspecified atom stereocenters. The first-order valence-corrected chi connectivity index (χ1v) is 7.51. The zero-order chi connectivity index (χ0) is 12.9. The molecule has 0 heterocycles. The summed E-state index contributed by atoms with van der Waals surface area (Å²) in [5, 5.41) is 11.4. The van der Waals surface area contributed by atoms with Crippen LogP contribution in [0.4, 0.5) is 0 Å². The van der Waals surface area contributed by atoms with Crippen molar-refractivity contribution in [2.75, 3.05) is 0 Å². The zero-order valence-electron chi connectivity index (χ0n) is 12.3. The van der Waals surface area contributed by atoms with Gasteiger partial charge in [-0.1, -0.05) is 47.5 Å². The molecule has 2 saturated carbocycles. The van der Waals surface area contributed by atoms with Crippen molar-refractivity contribution in [2.24, 2.45) is 22.7 Å². The van der Waals surface area contributed by atoms with Crippen LogP contribution in [0.3, 0.4) is 0 Å². The highest BCUT2D eigenvalue weighted by atomic mass is 16.3. The van der Waals surface area contributed by atoms with E-state index in [0.717, 1.165) is 12.3 Å². The molecule has 0 radical (unpaired) electrons. The van der Waals surface area contributed by atoms with Crippen LogP contribution in [0, 0.1) is 22.7 Å². The lowest BCUT2D eigenvalue weighted by atomic mass is 9.43. The Bertz CT molecular complexity index is 296. The van der Waals surface area contributed by atoms with Crippen molar-refractivity contribution in [2.45, 2.75) is 78.7 Å². The van der Waals surface area contributed by atoms with Gasteiger partial charge in [0.25, 0.3) is 0 Å². The van der Waals surface area contributed by atoms with E-state index in [1.54, 1.807) is 0 Å². The van der Waals surface area contributed by atoms with Gasteiger partial charge in [-0.3, -0.25) is 0 Å². The first-order chi connectivity index (χ1) is 7.78. The van der Waals surface area contributed by atoms with E-state index < -0.39 is 5.60 Å². The maximum atomic E-state index is 11.4. The van der Waals surface area contributed by atoms with Crippen molar-refractivity contribution in [3.63, 3.8) is 0 Å². The Hall–Kier alpha value is -0.0400. The molecule has 100 valence electrons. The van der Waals surface area contributed by atoms with Gasteiger partial charge in [0.15, 0.2) is 0 Å². The van der Waals surface area contributed by atoms with Crippen molar-refractivity contribution in [1.82, 2.24) is 0 Å². The SMILES string of the molecule is CC[C@H]1[C@@H](C)CCC2(O)C(C)(C)CCC[C@]12C. The summed E-state index contributed by atoms with van der Waals surface area (Å²) >= 11 is 0. The van der Waals surface area contributed by atoms with Crippen molar-refractivity contribution in [3.8, 4) is 0 Å². The topological polar surface area (TPSA) is 20.2 Å². The lowest BCUT2D eigenvalue weighted by molar-refractivity contribution is -0.235. The number of hydrogen-bond donors (Lipinski definition) is 1. The molecule has 0 aromatic rings. The molecule has 2 aliphatic carbocycles. The van der Waals surface area contributed by atoms with E-state index in [4.69, 9.17) is 0 Å². The second kappa shape index (κ2) is 3.98. The lowest BCUT2D eigenvalue weighted by Crippen LogP contribution is -2.64. The molecule has 0 bridgehead atoms. The standard InChI is InChI=1S/C16H30O/c1-6-13-12(2)8-11-16(17)14(3,4)9-7-10-15(13,16)5/h12-13,17H,6-11H2,1-5H3/t12-,13-,15+,16?/m0/s1. The van der Waals surface area contributed by atoms with Crippen LogP contribution < -0.4 is 0 Å². The largest absolute Gasteiger partial charge is 0.389 e. The monoisotopic (exact) mass is 238 g/mol. The van der Waals surface area contributed by atoms with Gasteiger partial charge in [0.1, 0.15) is 0 Å². The summed E-state index contributed by atoms with van der Waals surface area (Å²) in [7, 11) is 0. The molecule has 2 aliphatic rings. The minimum Gasteiger partial charge on any atom is -0.389 e. The number of fused-ring (bicyclic) bond motifs is 1. The molecule has 0 spiro atoms. The second-order valence-corrected chi connectivity index (χ2v) is 7.55. The summed E-state index contributed by atoms with van der Waals surface area (Å²) in [6.45, 7) is 11.6. The number of hydrogen-bond acceptors (Lipinski definition) is 1. The summed E-state index contributed by atoms with van der Waals surface area (Å²) in [6.07, 6.45) is 7.12. The Morgan fingerprint density at radius 1 is 1.12 bits per heavy atom. The average molecular weight is 238 g/mol. The van der Waals surface area contributed by atoms with Crippen LogP contribution in [-0.4, -0.2) is 10.7 Å². The third-order valence-electron chi connectivity index (χ3n) is 6.47. The van der Waals surface area contributed by atoms with E-state index in [0.29, 0.717) is 5.92 Å². The van der Waals surface area contributed by atoms with E-state index in [9.17, 15) is 5.11 Å². The summed E-state index contributed by atoms with van der Waals surface area (Å²) in [6, 6.07) is 0. The van der Waals surface area contributed by atoms with Crippen molar-refractivity contribution < 1.29 is 5.11 Å². The maximum absolute atomic E-state index is 11.4. The highest BCUT2D eigenvalue weighted by molar-refractivity contribution is 5.12. The molecule has 0 aromatic heterocycles. The molecular formula is C16H30O. The Balaban J connectivity index is 2.44. The van der Waals surface area contributed by atoms with E-state index in [1.165, 1.54) is 32.1 Å². The summed E-state index contributed by atoms with van der Waals surface area (Å²) in [5.41, 5.74) is -0.208. The highest BCUT2D eigenvalue weighted by Crippen LogP contribution is 2.63. The Labute approximate surface area is 107 Å². The van der Waals surface area contributed by atoms with Gasteiger partial charge in [0.2, 0.25) is 0 Å². The molecule has 0 saturated heterocycles. The van der Waals surface area contributed by atoms with Gasteiger partial charge in [-0.05, 0) is 48.3 Å². The van der Waals surface area contributed by atoms with Gasteiger partial charge in [0.05, 0.1) is 5.60 Å². The van der Waals surface area contributed by atoms with Crippen LogP contribution in [0.2, 0.25) is 0 Å². The summed E-state index contributed by atoms with van der Waals surface area (Å²) in [5.74, 6) is 1.47. The fraction of sp³-hybridized carbons (Fsp3) is 1.00. The van der Waals surface area contributed by atoms with Gasteiger partial charge < -0.3 is 5.11 Å². The third kappa shape index (κ3) is 1.61. The molecule has 2 fully saturated rings. The Kier molecular flexibility index (Phi) is 3.14. The van der Waals surface area contributed by atoms with Crippen LogP contribution >= 0.6 is 0 Å². The quantitative estimate of drug-likeness (QED) is 0.718. The van der Waals surface area contributed by atoms with Crippen LogP contribution in [0.1, 0.15) is 73.1 Å². The molecule has 2 rings (SSSR count). The first-order valence-electron chi connectivity index (χ1n) is 7.51. The van der Waals surface area contributed by atoms with Gasteiger partial charge in [-0.25, -0.2) is 0 Å². The minimum atomic E-state index is -0.439. The molecule has 1 heteroatoms. The van der Waals surface area contributed by atoms with Crippen molar-refractivity contribution >= 4 is 0 Å². The predicted octanol–water partition coefficient (Wildman–Crippen LogP) is 4.39. The van der Waals surface area contributed by atoms with Crippen LogP contribution in [0.5, 0.6) is 0 Å². The first kappa shape index (κ1) is 13.4. The van der Waals surface area contributed by atoms with Crippen molar-refractivity contribution in [3.05, 3.63) is 0 Å². The number of rotatable bonds is 1. The third-order valence-corrected chi connectivity index (χ3v) is 6.47. The van der Waals surface area contributed by atoms with Crippen LogP contribution in [0.15, 0.2) is 0 Å². The van der Waals surface area contributed by atoms with Gasteiger partial charge >= 0.3 is 0 Å². The Morgan fingerprint density at radius 3 is 2.35 bits per heavy atom. The van der Waals surface area contributed by atoms with Gasteiger partial charge in [-0.2, -0.15) is 0 Å². The Morgan fingerprint density at radius 2 is 1.76 bits per heavy atom. The fourth-order valence-electron chi connectivity index (χ4n) is 5.32. The van der Waals surface area contributed by atoms with E-state index >= 15 is 0 Å². The average Bonchev–Trinajstić information content (AvgIpc) is 2.23. The molecule has 0 amide bonds. The summed E-state index contributed by atoms with van der Waals surface area (Å²) in [4.78, 5) is 0. The van der Waals surface area contributed by atoms with E-state index in [-0.39, 0.29) is 10.8 Å². The van der Waals surface area contributed by atoms with Crippen LogP contribution in [0.25, 0.3) is 0 Å². The molecule has 1 nitrogen and oxygen atoms in total. The molecule has 0 aliphatic heterocycles. The van der Waals surface area contributed by atoms with Crippen LogP contribution in [-0.2, 0) is 0 Å². The summed E-state index contributed by atoms with van der Waals surface area (Å²) < 4.78 is 0. The zero-order valence-corrected chi connectivity index (χ0v) is 12.3. The maximum Gasteiger partial charge on any atom is 0.0754 e. The van der Waals surface area contributed by atoms with E-state index in [1.807, 2.05) is 0 Å². The normalized spacial score (nSPS) is 49.8. The fourth-order valence-corrected chi connectivity index (χ4v) is 5.32. The van der Waals surface area contributed by atoms with Gasteiger partial charge in [-0.15, -0.1) is 0 Å². The van der Waals surface area contributed by atoms with E-state index in [2.05, 4.69) is 34.6 Å². The lowest BCUT2D eigenvalue weighted by Gasteiger charge is -2.64. The molecule has 4 atom stereocenters.